The van der Waals surface area contributed by atoms with Crippen LogP contribution in [0.2, 0.25) is 5.02 Å². The van der Waals surface area contributed by atoms with Gasteiger partial charge in [0, 0.05) is 23.9 Å². The summed E-state index contributed by atoms with van der Waals surface area (Å²) in [5.41, 5.74) is 3.46. The second kappa shape index (κ2) is 5.51. The highest BCUT2D eigenvalue weighted by atomic mass is 35.5. The van der Waals surface area contributed by atoms with Gasteiger partial charge in [-0.05, 0) is 49.2 Å². The fourth-order valence-electron chi connectivity index (χ4n) is 3.07. The summed E-state index contributed by atoms with van der Waals surface area (Å²) in [6.45, 7) is 0. The molecule has 3 rings (SSSR count). The summed E-state index contributed by atoms with van der Waals surface area (Å²) in [6.07, 6.45) is 3.93. The molecule has 2 nitrogen and oxygen atoms in total. The maximum absolute atomic E-state index is 13.3. The number of halogens is 2. The lowest BCUT2D eigenvalue weighted by molar-refractivity contribution is 0.469. The van der Waals surface area contributed by atoms with Gasteiger partial charge in [-0.3, -0.25) is 4.98 Å². The van der Waals surface area contributed by atoms with E-state index in [1.54, 1.807) is 12.1 Å². The molecule has 0 aliphatic heterocycles. The van der Waals surface area contributed by atoms with Gasteiger partial charge in [0.15, 0.2) is 0 Å². The number of pyridine rings is 1. The first-order valence-electron chi connectivity index (χ1n) is 6.76. The van der Waals surface area contributed by atoms with Crippen LogP contribution in [0.25, 0.3) is 0 Å². The van der Waals surface area contributed by atoms with Gasteiger partial charge < -0.3 is 5.32 Å². The molecule has 1 aliphatic rings. The van der Waals surface area contributed by atoms with Gasteiger partial charge in [-0.1, -0.05) is 23.7 Å². The first kappa shape index (κ1) is 13.5. The van der Waals surface area contributed by atoms with Crippen molar-refractivity contribution in [1.29, 1.82) is 0 Å². The fraction of sp³-hybridized carbons (Fsp3) is 0.312. The maximum atomic E-state index is 13.3. The van der Waals surface area contributed by atoms with Crippen LogP contribution >= 0.6 is 11.6 Å². The lowest BCUT2D eigenvalue weighted by Crippen LogP contribution is -2.23. The SMILES string of the molecule is CNC(c1ccc(F)c(Cl)c1)C1CCc2cccnc21. The summed E-state index contributed by atoms with van der Waals surface area (Å²) in [5, 5.41) is 3.50. The molecular formula is C16H16ClFN2. The Hall–Kier alpha value is -1.45. The van der Waals surface area contributed by atoms with Gasteiger partial charge in [0.05, 0.1) is 5.02 Å². The zero-order valence-electron chi connectivity index (χ0n) is 11.2. The Morgan fingerprint density at radius 2 is 2.25 bits per heavy atom. The molecule has 0 bridgehead atoms. The van der Waals surface area contributed by atoms with E-state index in [1.807, 2.05) is 19.3 Å². The molecule has 1 aliphatic carbocycles. The summed E-state index contributed by atoms with van der Waals surface area (Å²) >= 11 is 5.90. The topological polar surface area (TPSA) is 24.9 Å². The largest absolute Gasteiger partial charge is 0.312 e. The predicted molar refractivity (Wildman–Crippen MR) is 78.5 cm³/mol. The average molecular weight is 291 g/mol. The molecule has 1 aromatic heterocycles. The van der Waals surface area contributed by atoms with Crippen LogP contribution < -0.4 is 5.32 Å². The van der Waals surface area contributed by atoms with E-state index in [0.29, 0.717) is 5.92 Å². The van der Waals surface area contributed by atoms with Crippen LogP contribution in [0.3, 0.4) is 0 Å². The number of rotatable bonds is 3. The van der Waals surface area contributed by atoms with Gasteiger partial charge in [-0.2, -0.15) is 0 Å². The van der Waals surface area contributed by atoms with E-state index in [0.717, 1.165) is 24.1 Å². The molecule has 0 spiro atoms. The van der Waals surface area contributed by atoms with Crippen LogP contribution in [0, 0.1) is 5.82 Å². The molecule has 0 saturated carbocycles. The van der Waals surface area contributed by atoms with Gasteiger partial charge >= 0.3 is 0 Å². The van der Waals surface area contributed by atoms with Crippen LogP contribution in [0.15, 0.2) is 36.5 Å². The Bertz CT molecular complexity index is 630. The minimum Gasteiger partial charge on any atom is -0.312 e. The molecule has 0 saturated heterocycles. The third-order valence-corrected chi connectivity index (χ3v) is 4.31. The molecule has 2 atom stereocenters. The molecule has 0 fully saturated rings. The van der Waals surface area contributed by atoms with Crippen LogP contribution in [0.1, 0.15) is 35.2 Å². The van der Waals surface area contributed by atoms with E-state index >= 15 is 0 Å². The summed E-state index contributed by atoms with van der Waals surface area (Å²) in [6, 6.07) is 9.14. The lowest BCUT2D eigenvalue weighted by atomic mass is 9.91. The summed E-state index contributed by atoms with van der Waals surface area (Å²) in [7, 11) is 1.92. The van der Waals surface area contributed by atoms with Gasteiger partial charge in [-0.25, -0.2) is 4.39 Å². The van der Waals surface area contributed by atoms with E-state index < -0.39 is 0 Å². The summed E-state index contributed by atoms with van der Waals surface area (Å²) < 4.78 is 13.3. The Kier molecular flexibility index (Phi) is 3.72. The van der Waals surface area contributed by atoms with Crippen molar-refractivity contribution in [3.05, 3.63) is 64.2 Å². The van der Waals surface area contributed by atoms with E-state index in [2.05, 4.69) is 16.4 Å². The molecule has 0 amide bonds. The number of nitrogens with one attached hydrogen (secondary N) is 1. The number of hydrogen-bond acceptors (Lipinski definition) is 2. The Labute approximate surface area is 123 Å². The van der Waals surface area contributed by atoms with Crippen molar-refractivity contribution in [3.8, 4) is 0 Å². The lowest BCUT2D eigenvalue weighted by Gasteiger charge is -2.24. The molecule has 4 heteroatoms. The van der Waals surface area contributed by atoms with Crippen LogP contribution in [-0.4, -0.2) is 12.0 Å². The molecular weight excluding hydrogens is 275 g/mol. The monoisotopic (exact) mass is 290 g/mol. The highest BCUT2D eigenvalue weighted by Gasteiger charge is 2.31. The van der Waals surface area contributed by atoms with Crippen molar-refractivity contribution in [2.24, 2.45) is 0 Å². The normalized spacial score (nSPS) is 18.9. The van der Waals surface area contributed by atoms with E-state index in [1.165, 1.54) is 11.6 Å². The second-order valence-corrected chi connectivity index (χ2v) is 5.54. The minimum atomic E-state index is -0.379. The van der Waals surface area contributed by atoms with Gasteiger partial charge in [-0.15, -0.1) is 0 Å². The number of hydrogen-bond donors (Lipinski definition) is 1. The molecule has 20 heavy (non-hydrogen) atoms. The highest BCUT2D eigenvalue weighted by molar-refractivity contribution is 6.30. The Morgan fingerprint density at radius 3 is 3.00 bits per heavy atom. The first-order chi connectivity index (χ1) is 9.70. The van der Waals surface area contributed by atoms with Crippen molar-refractivity contribution >= 4 is 11.6 Å². The van der Waals surface area contributed by atoms with Crippen molar-refractivity contribution < 1.29 is 4.39 Å². The smallest absolute Gasteiger partial charge is 0.141 e. The number of aromatic nitrogens is 1. The third-order valence-electron chi connectivity index (χ3n) is 4.02. The average Bonchev–Trinajstić information content (AvgIpc) is 2.88. The molecule has 1 aromatic carbocycles. The number of benzene rings is 1. The van der Waals surface area contributed by atoms with Crippen molar-refractivity contribution in [2.75, 3.05) is 7.05 Å². The standard InChI is InChI=1S/C16H16ClFN2/c1-19-15(11-5-7-14(18)13(17)9-11)12-6-4-10-3-2-8-20-16(10)12/h2-3,5,7-9,12,15,19H,4,6H2,1H3. The zero-order valence-corrected chi connectivity index (χ0v) is 12.0. The molecule has 104 valence electrons. The van der Waals surface area contributed by atoms with Crippen LogP contribution in [-0.2, 0) is 6.42 Å². The number of nitrogens with zero attached hydrogens (tertiary/aromatic N) is 1. The second-order valence-electron chi connectivity index (χ2n) is 5.13. The molecule has 1 heterocycles. The fourth-order valence-corrected chi connectivity index (χ4v) is 3.26. The van der Waals surface area contributed by atoms with E-state index in [4.69, 9.17) is 11.6 Å². The first-order valence-corrected chi connectivity index (χ1v) is 7.14. The summed E-state index contributed by atoms with van der Waals surface area (Å²) in [4.78, 5) is 4.53. The Morgan fingerprint density at radius 1 is 1.40 bits per heavy atom. The summed E-state index contributed by atoms with van der Waals surface area (Å²) in [5.74, 6) is -0.0760. The van der Waals surface area contributed by atoms with Gasteiger partial charge in [0.1, 0.15) is 5.82 Å². The number of aryl methyl sites for hydroxylation is 1. The van der Waals surface area contributed by atoms with Gasteiger partial charge in [0.25, 0.3) is 0 Å². The third kappa shape index (κ3) is 2.32. The van der Waals surface area contributed by atoms with Gasteiger partial charge in [0.2, 0.25) is 0 Å². The quantitative estimate of drug-likeness (QED) is 0.928. The van der Waals surface area contributed by atoms with Crippen LogP contribution in [0.5, 0.6) is 0 Å². The highest BCUT2D eigenvalue weighted by Crippen LogP contribution is 2.40. The molecule has 2 aromatic rings. The number of likely N-dealkylation sites (N-methyl/N-ethyl adjacent to an activating group) is 1. The van der Waals surface area contributed by atoms with Crippen molar-refractivity contribution in [3.63, 3.8) is 0 Å². The molecule has 1 N–H and O–H groups in total. The van der Waals surface area contributed by atoms with E-state index in [-0.39, 0.29) is 16.9 Å². The maximum Gasteiger partial charge on any atom is 0.141 e. The minimum absolute atomic E-state index is 0.101. The van der Waals surface area contributed by atoms with E-state index in [9.17, 15) is 4.39 Å². The van der Waals surface area contributed by atoms with Crippen molar-refractivity contribution in [2.45, 2.75) is 24.8 Å². The van der Waals surface area contributed by atoms with Crippen LogP contribution in [0.4, 0.5) is 4.39 Å². The predicted octanol–water partition coefficient (Wildman–Crippen LogP) is 3.86. The zero-order chi connectivity index (χ0) is 14.1. The number of fused-ring (bicyclic) bond motifs is 1. The molecule has 2 unspecified atom stereocenters. The Balaban J connectivity index is 1.97. The molecule has 0 radical (unpaired) electrons. The van der Waals surface area contributed by atoms with Crippen molar-refractivity contribution in [1.82, 2.24) is 10.3 Å².